The Labute approximate surface area is 187 Å². The standard InChI is InChI=1S/C26H26N2O4/c1-27(2)14-5-15-28-23(18-10-12-21(29)13-11-18)22(25(31)26(28)32)24(30)20-9-8-17-6-3-4-7-19(17)16-20/h3-4,6-13,16,23,29-30H,5,14-15H2,1-2H3/b24-22-. The van der Waals surface area contributed by atoms with E-state index in [-0.39, 0.29) is 17.1 Å². The number of hydrogen-bond acceptors (Lipinski definition) is 5. The lowest BCUT2D eigenvalue weighted by molar-refractivity contribution is -0.139. The molecule has 4 rings (SSSR count). The molecular formula is C26H26N2O4. The maximum absolute atomic E-state index is 13.1. The predicted molar refractivity (Wildman–Crippen MR) is 124 cm³/mol. The van der Waals surface area contributed by atoms with Crippen LogP contribution in [0.25, 0.3) is 16.5 Å². The molecule has 0 radical (unpaired) electrons. The molecule has 1 amide bonds. The highest BCUT2D eigenvalue weighted by atomic mass is 16.3. The molecular weight excluding hydrogens is 404 g/mol. The molecule has 6 nitrogen and oxygen atoms in total. The molecule has 1 saturated heterocycles. The third-order valence-electron chi connectivity index (χ3n) is 5.78. The molecule has 1 fully saturated rings. The van der Waals surface area contributed by atoms with Gasteiger partial charge >= 0.3 is 0 Å². The Morgan fingerprint density at radius 3 is 2.34 bits per heavy atom. The second-order valence-corrected chi connectivity index (χ2v) is 8.30. The fraction of sp³-hybridized carbons (Fsp3) is 0.231. The zero-order valence-electron chi connectivity index (χ0n) is 18.2. The number of likely N-dealkylation sites (tertiary alicyclic amines) is 1. The van der Waals surface area contributed by atoms with Gasteiger partial charge < -0.3 is 20.0 Å². The van der Waals surface area contributed by atoms with E-state index in [2.05, 4.69) is 0 Å². The maximum Gasteiger partial charge on any atom is 0.295 e. The molecule has 2 N–H and O–H groups in total. The van der Waals surface area contributed by atoms with Crippen molar-refractivity contribution in [3.63, 3.8) is 0 Å². The number of ketones is 1. The Hall–Kier alpha value is -3.64. The molecule has 3 aromatic carbocycles. The second-order valence-electron chi connectivity index (χ2n) is 8.30. The van der Waals surface area contributed by atoms with Crippen molar-refractivity contribution in [3.05, 3.63) is 83.4 Å². The van der Waals surface area contributed by atoms with Crippen LogP contribution in [0.1, 0.15) is 23.6 Å². The number of phenols is 1. The van der Waals surface area contributed by atoms with Crippen LogP contribution in [0.5, 0.6) is 5.75 Å². The van der Waals surface area contributed by atoms with E-state index in [1.165, 1.54) is 17.0 Å². The lowest BCUT2D eigenvalue weighted by Crippen LogP contribution is -2.32. The van der Waals surface area contributed by atoms with Crippen molar-refractivity contribution >= 4 is 28.2 Å². The molecule has 0 spiro atoms. The number of carbonyl (C=O) groups excluding carboxylic acids is 2. The number of benzene rings is 3. The number of phenolic OH excluding ortho intramolecular Hbond substituents is 1. The molecule has 0 aliphatic carbocycles. The summed E-state index contributed by atoms with van der Waals surface area (Å²) in [6, 6.07) is 18.9. The zero-order chi connectivity index (χ0) is 22.8. The minimum absolute atomic E-state index is 0.0702. The van der Waals surface area contributed by atoms with Crippen molar-refractivity contribution in [2.45, 2.75) is 12.5 Å². The Morgan fingerprint density at radius 1 is 0.969 bits per heavy atom. The lowest BCUT2D eigenvalue weighted by Gasteiger charge is -2.26. The average molecular weight is 431 g/mol. The van der Waals surface area contributed by atoms with Crippen LogP contribution in [0.4, 0.5) is 0 Å². The van der Waals surface area contributed by atoms with Gasteiger partial charge in [0, 0.05) is 12.1 Å². The highest BCUT2D eigenvalue weighted by Crippen LogP contribution is 2.40. The molecule has 1 atom stereocenters. The Bertz CT molecular complexity index is 1200. The molecule has 0 aromatic heterocycles. The molecule has 1 heterocycles. The molecule has 1 aliphatic heterocycles. The van der Waals surface area contributed by atoms with Gasteiger partial charge in [0.05, 0.1) is 11.6 Å². The van der Waals surface area contributed by atoms with Gasteiger partial charge in [0.25, 0.3) is 11.7 Å². The summed E-state index contributed by atoms with van der Waals surface area (Å²) in [4.78, 5) is 29.6. The molecule has 0 bridgehead atoms. The van der Waals surface area contributed by atoms with E-state index in [4.69, 9.17) is 0 Å². The van der Waals surface area contributed by atoms with Gasteiger partial charge in [-0.1, -0.05) is 48.5 Å². The van der Waals surface area contributed by atoms with E-state index in [0.29, 0.717) is 24.1 Å². The van der Waals surface area contributed by atoms with Crippen LogP contribution in [0.15, 0.2) is 72.3 Å². The van der Waals surface area contributed by atoms with E-state index in [1.54, 1.807) is 18.2 Å². The monoisotopic (exact) mass is 430 g/mol. The minimum Gasteiger partial charge on any atom is -0.508 e. The fourth-order valence-electron chi connectivity index (χ4n) is 4.16. The molecule has 3 aromatic rings. The SMILES string of the molecule is CN(C)CCCN1C(=O)C(=O)/C(=C(\O)c2ccc3ccccc3c2)C1c1ccc(O)cc1. The Kier molecular flexibility index (Phi) is 5.97. The number of rotatable bonds is 6. The highest BCUT2D eigenvalue weighted by molar-refractivity contribution is 6.46. The number of nitrogens with zero attached hydrogens (tertiary/aromatic N) is 2. The molecule has 164 valence electrons. The van der Waals surface area contributed by atoms with Gasteiger partial charge in [0.1, 0.15) is 11.5 Å². The van der Waals surface area contributed by atoms with Crippen LogP contribution in [-0.4, -0.2) is 58.9 Å². The third-order valence-corrected chi connectivity index (χ3v) is 5.78. The normalized spacial score (nSPS) is 18.1. The van der Waals surface area contributed by atoms with Crippen LogP contribution in [0.3, 0.4) is 0 Å². The summed E-state index contributed by atoms with van der Waals surface area (Å²) in [6.45, 7) is 1.14. The minimum atomic E-state index is -0.718. The second kappa shape index (κ2) is 8.85. The number of aromatic hydroxyl groups is 1. The van der Waals surface area contributed by atoms with Gasteiger partial charge in [-0.05, 0) is 61.6 Å². The van der Waals surface area contributed by atoms with Gasteiger partial charge in [-0.25, -0.2) is 0 Å². The number of carbonyl (C=O) groups is 2. The molecule has 1 aliphatic rings. The summed E-state index contributed by atoms with van der Waals surface area (Å²) in [5.74, 6) is -1.42. The fourth-order valence-corrected chi connectivity index (χ4v) is 4.16. The molecule has 1 unspecified atom stereocenters. The summed E-state index contributed by atoms with van der Waals surface area (Å²) < 4.78 is 0. The van der Waals surface area contributed by atoms with Crippen molar-refractivity contribution in [1.29, 1.82) is 0 Å². The first kappa shape index (κ1) is 21.6. The first-order chi connectivity index (χ1) is 15.4. The van der Waals surface area contributed by atoms with Gasteiger partial charge in [-0.15, -0.1) is 0 Å². The first-order valence-electron chi connectivity index (χ1n) is 10.6. The topological polar surface area (TPSA) is 81.1 Å². The largest absolute Gasteiger partial charge is 0.508 e. The van der Waals surface area contributed by atoms with Crippen LogP contribution in [-0.2, 0) is 9.59 Å². The summed E-state index contributed by atoms with van der Waals surface area (Å²) in [5.41, 5.74) is 1.22. The predicted octanol–water partition coefficient (Wildman–Crippen LogP) is 3.92. The van der Waals surface area contributed by atoms with E-state index in [9.17, 15) is 19.8 Å². The van der Waals surface area contributed by atoms with Gasteiger partial charge in [-0.2, -0.15) is 0 Å². The first-order valence-corrected chi connectivity index (χ1v) is 10.6. The number of amides is 1. The number of fused-ring (bicyclic) bond motifs is 1. The molecule has 0 saturated carbocycles. The van der Waals surface area contributed by atoms with Crippen molar-refractivity contribution in [1.82, 2.24) is 9.80 Å². The number of Topliss-reactive ketones (excluding diaryl/α,β-unsaturated/α-hetero) is 1. The highest BCUT2D eigenvalue weighted by Gasteiger charge is 2.45. The van der Waals surface area contributed by atoms with E-state index < -0.39 is 17.7 Å². The van der Waals surface area contributed by atoms with Gasteiger partial charge in [-0.3, -0.25) is 9.59 Å². The van der Waals surface area contributed by atoms with Crippen LogP contribution >= 0.6 is 0 Å². The Balaban J connectivity index is 1.81. The van der Waals surface area contributed by atoms with Crippen LogP contribution in [0, 0.1) is 0 Å². The smallest absolute Gasteiger partial charge is 0.295 e. The van der Waals surface area contributed by atoms with Crippen LogP contribution < -0.4 is 0 Å². The quantitative estimate of drug-likeness (QED) is 0.352. The van der Waals surface area contributed by atoms with E-state index >= 15 is 0 Å². The van der Waals surface area contributed by atoms with Crippen molar-refractivity contribution in [2.24, 2.45) is 0 Å². The number of aliphatic hydroxyl groups excluding tert-OH is 1. The summed E-state index contributed by atoms with van der Waals surface area (Å²) in [7, 11) is 3.90. The average Bonchev–Trinajstić information content (AvgIpc) is 3.03. The number of hydrogen-bond donors (Lipinski definition) is 2. The Morgan fingerprint density at radius 2 is 1.66 bits per heavy atom. The van der Waals surface area contributed by atoms with E-state index in [1.807, 2.05) is 55.4 Å². The van der Waals surface area contributed by atoms with Crippen LogP contribution in [0.2, 0.25) is 0 Å². The molecule has 32 heavy (non-hydrogen) atoms. The zero-order valence-corrected chi connectivity index (χ0v) is 18.2. The van der Waals surface area contributed by atoms with Crippen molar-refractivity contribution < 1.29 is 19.8 Å². The summed E-state index contributed by atoms with van der Waals surface area (Å²) in [6.07, 6.45) is 0.685. The molecule has 6 heteroatoms. The van der Waals surface area contributed by atoms with Gasteiger partial charge in [0.2, 0.25) is 0 Å². The summed E-state index contributed by atoms with van der Waals surface area (Å²) in [5, 5.41) is 22.9. The van der Waals surface area contributed by atoms with Gasteiger partial charge in [0.15, 0.2) is 0 Å². The lowest BCUT2D eigenvalue weighted by atomic mass is 9.94. The van der Waals surface area contributed by atoms with Crippen molar-refractivity contribution in [2.75, 3.05) is 27.2 Å². The third kappa shape index (κ3) is 4.09. The summed E-state index contributed by atoms with van der Waals surface area (Å²) >= 11 is 0. The number of aliphatic hydroxyl groups is 1. The maximum atomic E-state index is 13.1. The van der Waals surface area contributed by atoms with Crippen molar-refractivity contribution in [3.8, 4) is 5.75 Å². The van der Waals surface area contributed by atoms with E-state index in [0.717, 1.165) is 17.3 Å².